The lowest BCUT2D eigenvalue weighted by molar-refractivity contribution is 0.371. The van der Waals surface area contributed by atoms with Crippen molar-refractivity contribution in [3.05, 3.63) is 18.0 Å². The molecule has 1 aromatic heterocycles. The molecule has 0 N–H and O–H groups in total. The number of ether oxygens (including phenoxy) is 2. The second-order valence-electron chi connectivity index (χ2n) is 3.66. The van der Waals surface area contributed by atoms with E-state index in [9.17, 15) is 0 Å². The number of pyridine rings is 1. The molecule has 1 aromatic rings. The Morgan fingerprint density at radius 3 is 2.00 bits per heavy atom. The van der Waals surface area contributed by atoms with Crippen LogP contribution in [0.5, 0.6) is 11.5 Å². The normalized spacial score (nSPS) is 10.6. The Hall–Kier alpha value is -1.76. The van der Waals surface area contributed by atoms with Crippen LogP contribution in [0.4, 0.5) is 0 Å². The molecule has 0 fully saturated rings. The molecule has 80 valence electrons. The third kappa shape index (κ3) is 2.01. The van der Waals surface area contributed by atoms with Gasteiger partial charge in [-0.1, -0.05) is 0 Å². The molecule has 0 aromatic carbocycles. The maximum absolute atomic E-state index is 9.11. The van der Waals surface area contributed by atoms with Gasteiger partial charge in [0.2, 0.25) is 0 Å². The summed E-state index contributed by atoms with van der Waals surface area (Å²) in [6.45, 7) is 3.63. The zero-order chi connectivity index (χ0) is 11.5. The van der Waals surface area contributed by atoms with Gasteiger partial charge in [0, 0.05) is 0 Å². The Balaban J connectivity index is 3.43. The summed E-state index contributed by atoms with van der Waals surface area (Å²) in [4.78, 5) is 3.98. The summed E-state index contributed by atoms with van der Waals surface area (Å²) in [7, 11) is 3.10. The van der Waals surface area contributed by atoms with Gasteiger partial charge in [-0.15, -0.1) is 0 Å². The SMILES string of the molecule is COc1cncc(OC)c1C(C)(C)C#N. The predicted molar refractivity (Wildman–Crippen MR) is 56.0 cm³/mol. The summed E-state index contributed by atoms with van der Waals surface area (Å²) in [5, 5.41) is 9.11. The van der Waals surface area contributed by atoms with Gasteiger partial charge in [-0.2, -0.15) is 5.26 Å². The predicted octanol–water partition coefficient (Wildman–Crippen LogP) is 1.90. The quantitative estimate of drug-likeness (QED) is 0.757. The van der Waals surface area contributed by atoms with E-state index in [2.05, 4.69) is 11.1 Å². The van der Waals surface area contributed by atoms with Crippen molar-refractivity contribution < 1.29 is 9.47 Å². The van der Waals surface area contributed by atoms with E-state index >= 15 is 0 Å². The van der Waals surface area contributed by atoms with Crippen molar-refractivity contribution in [2.24, 2.45) is 0 Å². The van der Waals surface area contributed by atoms with Gasteiger partial charge < -0.3 is 9.47 Å². The molecule has 0 atom stereocenters. The highest BCUT2D eigenvalue weighted by Gasteiger charge is 2.28. The first kappa shape index (κ1) is 11.3. The van der Waals surface area contributed by atoms with Gasteiger partial charge in [0.05, 0.1) is 43.7 Å². The molecule has 0 aliphatic carbocycles. The van der Waals surface area contributed by atoms with Crippen LogP contribution in [0.2, 0.25) is 0 Å². The van der Waals surface area contributed by atoms with Gasteiger partial charge in [-0.25, -0.2) is 0 Å². The van der Waals surface area contributed by atoms with Crippen molar-refractivity contribution in [2.75, 3.05) is 14.2 Å². The molecule has 4 nitrogen and oxygen atoms in total. The van der Waals surface area contributed by atoms with Crippen LogP contribution >= 0.6 is 0 Å². The third-order valence-electron chi connectivity index (χ3n) is 2.22. The van der Waals surface area contributed by atoms with Crippen molar-refractivity contribution in [1.29, 1.82) is 5.26 Å². The van der Waals surface area contributed by atoms with E-state index in [-0.39, 0.29) is 0 Å². The fourth-order valence-electron chi connectivity index (χ4n) is 1.40. The summed E-state index contributed by atoms with van der Waals surface area (Å²) < 4.78 is 10.4. The molecular formula is C11H14N2O2. The van der Waals surface area contributed by atoms with E-state index in [0.29, 0.717) is 11.5 Å². The van der Waals surface area contributed by atoms with Crippen molar-refractivity contribution in [1.82, 2.24) is 4.98 Å². The van der Waals surface area contributed by atoms with E-state index in [1.54, 1.807) is 26.6 Å². The van der Waals surface area contributed by atoms with Crippen molar-refractivity contribution in [2.45, 2.75) is 19.3 Å². The minimum absolute atomic E-state index is 0.570. The Morgan fingerprint density at radius 1 is 1.20 bits per heavy atom. The monoisotopic (exact) mass is 206 g/mol. The molecule has 0 saturated carbocycles. The molecule has 0 unspecified atom stereocenters. The molecule has 0 saturated heterocycles. The number of rotatable bonds is 3. The lowest BCUT2D eigenvalue weighted by Gasteiger charge is -2.21. The minimum atomic E-state index is -0.667. The topological polar surface area (TPSA) is 55.1 Å². The first-order valence-corrected chi connectivity index (χ1v) is 4.54. The largest absolute Gasteiger partial charge is 0.495 e. The van der Waals surface area contributed by atoms with E-state index in [4.69, 9.17) is 14.7 Å². The van der Waals surface area contributed by atoms with Gasteiger partial charge in [0.25, 0.3) is 0 Å². The maximum Gasteiger partial charge on any atom is 0.145 e. The minimum Gasteiger partial charge on any atom is -0.495 e. The number of hydrogen-bond acceptors (Lipinski definition) is 4. The molecule has 0 aliphatic rings. The highest BCUT2D eigenvalue weighted by Crippen LogP contribution is 2.37. The van der Waals surface area contributed by atoms with Crippen molar-refractivity contribution >= 4 is 0 Å². The second-order valence-corrected chi connectivity index (χ2v) is 3.66. The number of aromatic nitrogens is 1. The number of nitriles is 1. The molecule has 0 amide bonds. The lowest BCUT2D eigenvalue weighted by Crippen LogP contribution is -2.17. The fraction of sp³-hybridized carbons (Fsp3) is 0.455. The van der Waals surface area contributed by atoms with E-state index in [0.717, 1.165) is 5.56 Å². The zero-order valence-corrected chi connectivity index (χ0v) is 9.37. The van der Waals surface area contributed by atoms with Crippen LogP contribution in [0.1, 0.15) is 19.4 Å². The molecule has 15 heavy (non-hydrogen) atoms. The molecule has 1 heterocycles. The number of methoxy groups -OCH3 is 2. The van der Waals surface area contributed by atoms with Crippen LogP contribution in [0.3, 0.4) is 0 Å². The molecule has 0 aliphatic heterocycles. The average Bonchev–Trinajstić information content (AvgIpc) is 2.27. The number of hydrogen-bond donors (Lipinski definition) is 0. The molecule has 0 radical (unpaired) electrons. The lowest BCUT2D eigenvalue weighted by atomic mass is 9.85. The average molecular weight is 206 g/mol. The second kappa shape index (κ2) is 4.18. The summed E-state index contributed by atoms with van der Waals surface area (Å²) in [5.41, 5.74) is 0.0598. The Bertz CT molecular complexity index is 372. The van der Waals surface area contributed by atoms with E-state index < -0.39 is 5.41 Å². The van der Waals surface area contributed by atoms with Gasteiger partial charge in [0.15, 0.2) is 0 Å². The fourth-order valence-corrected chi connectivity index (χ4v) is 1.40. The van der Waals surface area contributed by atoms with Gasteiger partial charge in [-0.3, -0.25) is 4.98 Å². The van der Waals surface area contributed by atoms with Crippen LogP contribution in [0.15, 0.2) is 12.4 Å². The molecule has 4 heteroatoms. The van der Waals surface area contributed by atoms with Crippen LogP contribution in [-0.4, -0.2) is 19.2 Å². The standard InChI is InChI=1S/C11H14N2O2/c1-11(2,7-12)10-8(14-3)5-13-6-9(10)15-4/h5-6H,1-4H3. The number of nitrogens with zero attached hydrogens (tertiary/aromatic N) is 2. The third-order valence-corrected chi connectivity index (χ3v) is 2.22. The van der Waals surface area contributed by atoms with Gasteiger partial charge in [0.1, 0.15) is 11.5 Å². The summed E-state index contributed by atoms with van der Waals surface area (Å²) in [5.74, 6) is 1.14. The molecule has 0 spiro atoms. The summed E-state index contributed by atoms with van der Waals surface area (Å²) >= 11 is 0. The van der Waals surface area contributed by atoms with Gasteiger partial charge in [-0.05, 0) is 13.8 Å². The van der Waals surface area contributed by atoms with Crippen molar-refractivity contribution in [3.63, 3.8) is 0 Å². The van der Waals surface area contributed by atoms with Crippen LogP contribution in [0, 0.1) is 11.3 Å². The highest BCUT2D eigenvalue weighted by atomic mass is 16.5. The molecule has 0 bridgehead atoms. The van der Waals surface area contributed by atoms with Crippen molar-refractivity contribution in [3.8, 4) is 17.6 Å². The Morgan fingerprint density at radius 2 is 1.67 bits per heavy atom. The molecular weight excluding hydrogens is 192 g/mol. The first-order chi connectivity index (χ1) is 7.06. The maximum atomic E-state index is 9.11. The summed E-state index contributed by atoms with van der Waals surface area (Å²) in [6, 6.07) is 2.22. The Labute approximate surface area is 89.5 Å². The van der Waals surface area contributed by atoms with Crippen LogP contribution in [0.25, 0.3) is 0 Å². The first-order valence-electron chi connectivity index (χ1n) is 4.54. The zero-order valence-electron chi connectivity index (χ0n) is 9.37. The van der Waals surface area contributed by atoms with E-state index in [1.165, 1.54) is 0 Å². The highest BCUT2D eigenvalue weighted by molar-refractivity contribution is 5.49. The smallest absolute Gasteiger partial charge is 0.145 e. The Kier molecular flexibility index (Phi) is 3.15. The van der Waals surface area contributed by atoms with Crippen LogP contribution < -0.4 is 9.47 Å². The van der Waals surface area contributed by atoms with E-state index in [1.807, 2.05) is 13.8 Å². The van der Waals surface area contributed by atoms with Gasteiger partial charge >= 0.3 is 0 Å². The van der Waals surface area contributed by atoms with Crippen LogP contribution in [-0.2, 0) is 5.41 Å². The summed E-state index contributed by atoms with van der Waals surface area (Å²) in [6.07, 6.45) is 3.16. The molecule has 1 rings (SSSR count).